The van der Waals surface area contributed by atoms with Crippen molar-refractivity contribution in [3.63, 3.8) is 0 Å². The Morgan fingerprint density at radius 2 is 1.70 bits per heavy atom. The molecule has 0 aliphatic heterocycles. The topological polar surface area (TPSA) is 124 Å². The number of carbonyl (C=O) groups excluding carboxylic acids is 2. The molecule has 0 bridgehead atoms. The Morgan fingerprint density at radius 1 is 1.20 bits per heavy atom. The first kappa shape index (κ1) is 16.6. The predicted octanol–water partition coefficient (Wildman–Crippen LogP) is -0.281. The molecule has 9 heteroatoms. The molecule has 0 aliphatic rings. The van der Waals surface area contributed by atoms with Crippen LogP contribution < -0.4 is 11.5 Å². The van der Waals surface area contributed by atoms with Gasteiger partial charge in [0.25, 0.3) is 0 Å². The van der Waals surface area contributed by atoms with E-state index in [0.717, 1.165) is 5.56 Å². The first-order valence-electron chi connectivity index (χ1n) is 5.47. The number of aryl methyl sites for hydroxylation is 1. The first-order chi connectivity index (χ1) is 9.14. The molecule has 110 valence electrons. The Labute approximate surface area is 125 Å². The summed E-state index contributed by atoms with van der Waals surface area (Å²) in [4.78, 5) is 21.9. The number of hydrogen-bond acceptors (Lipinski definition) is 4. The van der Waals surface area contributed by atoms with Gasteiger partial charge in [0.1, 0.15) is 0 Å². The van der Waals surface area contributed by atoms with Gasteiger partial charge in [-0.15, -0.1) is 0 Å². The molecule has 0 unspecified atom stereocenters. The highest BCUT2D eigenvalue weighted by molar-refractivity contribution is 9.10. The molecule has 2 amide bonds. The van der Waals surface area contributed by atoms with Gasteiger partial charge in [0.05, 0.1) is 18.0 Å². The maximum Gasteiger partial charge on any atom is 0.245 e. The van der Waals surface area contributed by atoms with Gasteiger partial charge in [-0.2, -0.15) is 4.31 Å². The SMILES string of the molecule is Cc1ccc(S(=O)(=O)N(CC(N)=O)CC(N)=O)c(Br)c1. The molecule has 7 nitrogen and oxygen atoms in total. The van der Waals surface area contributed by atoms with E-state index in [1.165, 1.54) is 6.07 Å². The van der Waals surface area contributed by atoms with Crippen molar-refractivity contribution in [2.45, 2.75) is 11.8 Å². The lowest BCUT2D eigenvalue weighted by Gasteiger charge is -2.20. The number of primary amides is 2. The summed E-state index contributed by atoms with van der Waals surface area (Å²) in [5, 5.41) is 0. The van der Waals surface area contributed by atoms with Gasteiger partial charge in [-0.05, 0) is 40.5 Å². The summed E-state index contributed by atoms with van der Waals surface area (Å²) < 4.78 is 25.8. The normalized spacial score (nSPS) is 11.6. The fourth-order valence-electron chi connectivity index (χ4n) is 1.53. The van der Waals surface area contributed by atoms with Crippen molar-refractivity contribution in [2.24, 2.45) is 11.5 Å². The zero-order valence-corrected chi connectivity index (χ0v) is 13.1. The third-order valence-electron chi connectivity index (χ3n) is 2.37. The molecule has 20 heavy (non-hydrogen) atoms. The van der Waals surface area contributed by atoms with E-state index in [4.69, 9.17) is 11.5 Å². The molecule has 0 aliphatic carbocycles. The summed E-state index contributed by atoms with van der Waals surface area (Å²) in [6.45, 7) is 0.558. The molecule has 1 rings (SSSR count). The highest BCUT2D eigenvalue weighted by Gasteiger charge is 2.29. The summed E-state index contributed by atoms with van der Waals surface area (Å²) in [5.74, 6) is -1.75. The minimum absolute atomic E-state index is 0.0643. The van der Waals surface area contributed by atoms with Crippen LogP contribution >= 0.6 is 15.9 Å². The maximum absolute atomic E-state index is 12.4. The number of rotatable bonds is 6. The van der Waals surface area contributed by atoms with Crippen molar-refractivity contribution in [3.8, 4) is 0 Å². The van der Waals surface area contributed by atoms with Crippen LogP contribution in [0.25, 0.3) is 0 Å². The van der Waals surface area contributed by atoms with Gasteiger partial charge in [0, 0.05) is 4.47 Å². The van der Waals surface area contributed by atoms with E-state index in [0.29, 0.717) is 8.78 Å². The molecule has 0 spiro atoms. The molecule has 0 radical (unpaired) electrons. The first-order valence-corrected chi connectivity index (χ1v) is 7.71. The molecule has 1 aromatic rings. The predicted molar refractivity (Wildman–Crippen MR) is 76.0 cm³/mol. The van der Waals surface area contributed by atoms with Crippen LogP contribution in [0.5, 0.6) is 0 Å². The molecular weight excluding hydrogens is 350 g/mol. The fraction of sp³-hybridized carbons (Fsp3) is 0.273. The fourth-order valence-corrected chi connectivity index (χ4v) is 4.05. The molecule has 4 N–H and O–H groups in total. The average molecular weight is 364 g/mol. The zero-order chi connectivity index (χ0) is 15.5. The number of sulfonamides is 1. The van der Waals surface area contributed by atoms with Gasteiger partial charge in [-0.25, -0.2) is 8.42 Å². The largest absolute Gasteiger partial charge is 0.369 e. The summed E-state index contributed by atoms with van der Waals surface area (Å²) in [5.41, 5.74) is 10.8. The van der Waals surface area contributed by atoms with Crippen molar-refractivity contribution < 1.29 is 18.0 Å². The van der Waals surface area contributed by atoms with Gasteiger partial charge in [0.2, 0.25) is 21.8 Å². The lowest BCUT2D eigenvalue weighted by atomic mass is 10.2. The second-order valence-electron chi connectivity index (χ2n) is 4.14. The van der Waals surface area contributed by atoms with Crippen LogP contribution in [0.15, 0.2) is 27.6 Å². The van der Waals surface area contributed by atoms with E-state index in [1.54, 1.807) is 19.1 Å². The number of nitrogens with two attached hydrogens (primary N) is 2. The quantitative estimate of drug-likeness (QED) is 0.720. The van der Waals surface area contributed by atoms with Crippen LogP contribution in [0, 0.1) is 6.92 Å². The molecular formula is C11H14BrN3O4S. The molecule has 1 aromatic carbocycles. The van der Waals surface area contributed by atoms with Gasteiger partial charge in [-0.1, -0.05) is 6.07 Å². The third kappa shape index (κ3) is 4.02. The Bertz CT molecular complexity index is 629. The smallest absolute Gasteiger partial charge is 0.245 e. The van der Waals surface area contributed by atoms with E-state index in [9.17, 15) is 18.0 Å². The summed E-state index contributed by atoms with van der Waals surface area (Å²) in [7, 11) is -4.05. The van der Waals surface area contributed by atoms with Crippen molar-refractivity contribution in [1.29, 1.82) is 0 Å². The highest BCUT2D eigenvalue weighted by Crippen LogP contribution is 2.25. The Morgan fingerprint density at radius 3 is 2.10 bits per heavy atom. The second kappa shape index (κ2) is 6.33. The van der Waals surface area contributed by atoms with Crippen molar-refractivity contribution in [2.75, 3.05) is 13.1 Å². The van der Waals surface area contributed by atoms with Crippen LogP contribution in [-0.4, -0.2) is 37.6 Å². The molecule has 0 heterocycles. The Balaban J connectivity index is 3.28. The maximum atomic E-state index is 12.4. The number of carbonyl (C=O) groups is 2. The van der Waals surface area contributed by atoms with E-state index in [-0.39, 0.29) is 4.90 Å². The molecule has 0 saturated heterocycles. The average Bonchev–Trinajstić information content (AvgIpc) is 2.26. The molecule has 0 aromatic heterocycles. The standard InChI is InChI=1S/C11H14BrN3O4S/c1-7-2-3-9(8(12)4-7)20(18,19)15(5-10(13)16)6-11(14)17/h2-4H,5-6H2,1H3,(H2,13,16)(H2,14,17). The monoisotopic (exact) mass is 363 g/mol. The van der Waals surface area contributed by atoms with E-state index < -0.39 is 34.9 Å². The number of benzene rings is 1. The van der Waals surface area contributed by atoms with Gasteiger partial charge in [-0.3, -0.25) is 9.59 Å². The molecule has 0 saturated carbocycles. The number of hydrogen-bond donors (Lipinski definition) is 2. The van der Waals surface area contributed by atoms with E-state index in [1.807, 2.05) is 0 Å². The van der Waals surface area contributed by atoms with Crippen LogP contribution in [0.4, 0.5) is 0 Å². The summed E-state index contributed by atoms with van der Waals surface area (Å²) in [6, 6.07) is 4.59. The van der Waals surface area contributed by atoms with E-state index in [2.05, 4.69) is 15.9 Å². The summed E-state index contributed by atoms with van der Waals surface area (Å²) >= 11 is 3.15. The van der Waals surface area contributed by atoms with E-state index >= 15 is 0 Å². The van der Waals surface area contributed by atoms with Crippen LogP contribution in [0.3, 0.4) is 0 Å². The molecule has 0 atom stereocenters. The lowest BCUT2D eigenvalue weighted by Crippen LogP contribution is -2.43. The summed E-state index contributed by atoms with van der Waals surface area (Å²) in [6.07, 6.45) is 0. The van der Waals surface area contributed by atoms with Crippen molar-refractivity contribution in [3.05, 3.63) is 28.2 Å². The van der Waals surface area contributed by atoms with Crippen molar-refractivity contribution >= 4 is 37.8 Å². The highest BCUT2D eigenvalue weighted by atomic mass is 79.9. The van der Waals surface area contributed by atoms with Crippen LogP contribution in [-0.2, 0) is 19.6 Å². The minimum atomic E-state index is -4.05. The van der Waals surface area contributed by atoms with Crippen molar-refractivity contribution in [1.82, 2.24) is 4.31 Å². The number of nitrogens with zero attached hydrogens (tertiary/aromatic N) is 1. The lowest BCUT2D eigenvalue weighted by molar-refractivity contribution is -0.120. The minimum Gasteiger partial charge on any atom is -0.369 e. The Hall–Kier alpha value is -1.45. The van der Waals surface area contributed by atoms with Crippen LogP contribution in [0.1, 0.15) is 5.56 Å². The van der Waals surface area contributed by atoms with Gasteiger partial charge < -0.3 is 11.5 Å². The number of amides is 2. The molecule has 0 fully saturated rings. The third-order valence-corrected chi connectivity index (χ3v) is 5.14. The van der Waals surface area contributed by atoms with Gasteiger partial charge >= 0.3 is 0 Å². The Kier molecular flexibility index (Phi) is 5.26. The zero-order valence-electron chi connectivity index (χ0n) is 10.7. The van der Waals surface area contributed by atoms with Crippen LogP contribution in [0.2, 0.25) is 0 Å². The van der Waals surface area contributed by atoms with Gasteiger partial charge in [0.15, 0.2) is 0 Å². The number of halogens is 1. The second-order valence-corrected chi connectivity index (χ2v) is 6.90.